The van der Waals surface area contributed by atoms with Crippen LogP contribution in [0.15, 0.2) is 45.3 Å². The Morgan fingerprint density at radius 2 is 1.00 bits per heavy atom. The molecule has 4 aromatic carbocycles. The van der Waals surface area contributed by atoms with E-state index in [1.807, 2.05) is 0 Å². The lowest BCUT2D eigenvalue weighted by molar-refractivity contribution is 0.913. The number of hydrogen-bond acceptors (Lipinski definition) is 0. The van der Waals surface area contributed by atoms with E-state index in [4.69, 9.17) is 0 Å². The van der Waals surface area contributed by atoms with Gasteiger partial charge in [-0.25, -0.2) is 0 Å². The van der Waals surface area contributed by atoms with Gasteiger partial charge in [0.2, 0.25) is 0 Å². The van der Waals surface area contributed by atoms with Crippen molar-refractivity contribution in [1.82, 2.24) is 0 Å². The van der Waals surface area contributed by atoms with Crippen molar-refractivity contribution in [3.63, 3.8) is 0 Å². The number of hydrogen-bond donors (Lipinski definition) is 0. The lowest BCUT2D eigenvalue weighted by Gasteiger charge is -2.15. The van der Waals surface area contributed by atoms with Gasteiger partial charge in [-0.3, -0.25) is 0 Å². The average Bonchev–Trinajstić information content (AvgIpc) is 3.30. The fraction of sp³-hybridized carbons (Fsp3) is 0.250. The summed E-state index contributed by atoms with van der Waals surface area (Å²) in [6.45, 7) is 0. The predicted molar refractivity (Wildman–Crippen MR) is 118 cm³/mol. The van der Waals surface area contributed by atoms with Crippen LogP contribution >= 0.6 is 31.9 Å². The molecule has 0 bridgehead atoms. The lowest BCUT2D eigenvalue weighted by atomic mass is 9.91. The molecule has 0 radical (unpaired) electrons. The van der Waals surface area contributed by atoms with Gasteiger partial charge in [0.1, 0.15) is 0 Å². The molecule has 0 fully saturated rings. The molecule has 0 amide bonds. The number of fused-ring (bicyclic) bond motifs is 9. The molecule has 0 saturated heterocycles. The van der Waals surface area contributed by atoms with Gasteiger partial charge in [-0.2, -0.15) is 0 Å². The Balaban J connectivity index is 1.83. The second-order valence-electron chi connectivity index (χ2n) is 7.77. The van der Waals surface area contributed by atoms with Crippen LogP contribution < -0.4 is 0 Å². The van der Waals surface area contributed by atoms with E-state index in [0.29, 0.717) is 0 Å². The van der Waals surface area contributed by atoms with E-state index in [9.17, 15) is 0 Å². The third kappa shape index (κ3) is 2.00. The van der Waals surface area contributed by atoms with Crippen LogP contribution in [0.25, 0.3) is 32.3 Å². The first-order valence-electron chi connectivity index (χ1n) is 9.52. The van der Waals surface area contributed by atoms with Gasteiger partial charge in [0.05, 0.1) is 0 Å². The number of benzene rings is 4. The van der Waals surface area contributed by atoms with E-state index in [2.05, 4.69) is 68.3 Å². The van der Waals surface area contributed by atoms with Crippen LogP contribution in [0.2, 0.25) is 0 Å². The Morgan fingerprint density at radius 1 is 0.538 bits per heavy atom. The van der Waals surface area contributed by atoms with Gasteiger partial charge in [0.15, 0.2) is 0 Å². The Hall–Kier alpha value is -1.38. The normalized spacial score (nSPS) is 15.9. The highest BCUT2D eigenvalue weighted by molar-refractivity contribution is 9.11. The summed E-state index contributed by atoms with van der Waals surface area (Å²) in [5.41, 5.74) is 6.19. The molecule has 0 aromatic heterocycles. The summed E-state index contributed by atoms with van der Waals surface area (Å²) >= 11 is 7.85. The average molecular weight is 466 g/mol. The highest BCUT2D eigenvalue weighted by atomic mass is 79.9. The lowest BCUT2D eigenvalue weighted by Crippen LogP contribution is -1.92. The number of halogens is 2. The van der Waals surface area contributed by atoms with Crippen molar-refractivity contribution < 1.29 is 0 Å². The van der Waals surface area contributed by atoms with Gasteiger partial charge >= 0.3 is 0 Å². The summed E-state index contributed by atoms with van der Waals surface area (Å²) in [6.07, 6.45) is 7.43. The van der Waals surface area contributed by atoms with Gasteiger partial charge in [0, 0.05) is 8.95 Å². The van der Waals surface area contributed by atoms with E-state index >= 15 is 0 Å². The molecule has 0 N–H and O–H groups in total. The van der Waals surface area contributed by atoms with Crippen LogP contribution in [0.5, 0.6) is 0 Å². The molecule has 0 spiro atoms. The monoisotopic (exact) mass is 464 g/mol. The van der Waals surface area contributed by atoms with Gasteiger partial charge in [-0.1, -0.05) is 56.1 Å². The minimum absolute atomic E-state index is 1.21. The van der Waals surface area contributed by atoms with Crippen molar-refractivity contribution in [2.45, 2.75) is 38.5 Å². The zero-order valence-electron chi connectivity index (χ0n) is 14.5. The maximum absolute atomic E-state index is 3.93. The maximum atomic E-state index is 3.93. The summed E-state index contributed by atoms with van der Waals surface area (Å²) in [6, 6.07) is 14.1. The van der Waals surface area contributed by atoms with E-state index in [-0.39, 0.29) is 0 Å². The third-order valence-corrected chi connectivity index (χ3v) is 7.71. The standard InChI is InChI=1S/C24H18Br2/c25-21-11-20-18-10-8-14-4-2-6-16(14)24(18)22(26)12-19(20)17-9-7-13-3-1-5-15(13)23(17)21/h7-12H,1-6H2. The Morgan fingerprint density at radius 3 is 1.46 bits per heavy atom. The first kappa shape index (κ1) is 15.7. The highest BCUT2D eigenvalue weighted by Crippen LogP contribution is 2.44. The Kier molecular flexibility index (Phi) is 3.35. The van der Waals surface area contributed by atoms with Crippen LogP contribution in [-0.2, 0) is 25.7 Å². The van der Waals surface area contributed by atoms with Gasteiger partial charge < -0.3 is 0 Å². The number of aryl methyl sites for hydroxylation is 4. The smallest absolute Gasteiger partial charge is 0.0263 e. The Bertz CT molecular complexity index is 1150. The molecule has 0 atom stereocenters. The topological polar surface area (TPSA) is 0 Å². The SMILES string of the molecule is Brc1cc2c3ccc4c(c3c(Br)cc2c2ccc3c(c12)CCC3)CCC4. The summed E-state index contributed by atoms with van der Waals surface area (Å²) in [5, 5.41) is 8.38. The van der Waals surface area contributed by atoms with Gasteiger partial charge in [-0.15, -0.1) is 0 Å². The minimum atomic E-state index is 1.21. The fourth-order valence-electron chi connectivity index (χ4n) is 5.33. The van der Waals surface area contributed by atoms with Crippen molar-refractivity contribution >= 4 is 64.2 Å². The van der Waals surface area contributed by atoms with E-state index in [1.54, 1.807) is 11.1 Å². The molecular formula is C24H18Br2. The van der Waals surface area contributed by atoms with Gasteiger partial charge in [-0.05, 0) is 105 Å². The molecule has 6 rings (SSSR count). The zero-order valence-corrected chi connectivity index (χ0v) is 17.6. The van der Waals surface area contributed by atoms with Crippen LogP contribution in [-0.4, -0.2) is 0 Å². The molecule has 0 heterocycles. The first-order valence-corrected chi connectivity index (χ1v) is 11.1. The van der Waals surface area contributed by atoms with E-state index in [1.165, 1.54) is 90.9 Å². The predicted octanol–water partition coefficient (Wildman–Crippen LogP) is 7.65. The van der Waals surface area contributed by atoms with Crippen molar-refractivity contribution in [2.75, 3.05) is 0 Å². The van der Waals surface area contributed by atoms with Crippen LogP contribution in [0, 0.1) is 0 Å². The molecule has 0 aliphatic heterocycles. The molecule has 0 nitrogen and oxygen atoms in total. The minimum Gasteiger partial charge on any atom is -0.0581 e. The Labute approximate surface area is 169 Å². The van der Waals surface area contributed by atoms with Crippen molar-refractivity contribution in [1.29, 1.82) is 0 Å². The quantitative estimate of drug-likeness (QED) is 0.234. The van der Waals surface area contributed by atoms with Crippen molar-refractivity contribution in [2.24, 2.45) is 0 Å². The maximum Gasteiger partial charge on any atom is 0.0263 e. The molecule has 26 heavy (non-hydrogen) atoms. The summed E-state index contributed by atoms with van der Waals surface area (Å²) in [5.74, 6) is 0. The van der Waals surface area contributed by atoms with E-state index < -0.39 is 0 Å². The second kappa shape index (κ2) is 5.56. The molecule has 2 aliphatic rings. The fourth-order valence-corrected chi connectivity index (χ4v) is 6.69. The largest absolute Gasteiger partial charge is 0.0581 e. The number of rotatable bonds is 0. The van der Waals surface area contributed by atoms with Crippen molar-refractivity contribution in [3.05, 3.63) is 67.6 Å². The summed E-state index contributed by atoms with van der Waals surface area (Å²) in [7, 11) is 0. The molecule has 2 aliphatic carbocycles. The molecular weight excluding hydrogens is 448 g/mol. The molecule has 4 aromatic rings. The van der Waals surface area contributed by atoms with Crippen LogP contribution in [0.3, 0.4) is 0 Å². The second-order valence-corrected chi connectivity index (χ2v) is 9.48. The summed E-state index contributed by atoms with van der Waals surface area (Å²) < 4.78 is 2.51. The molecule has 0 unspecified atom stereocenters. The van der Waals surface area contributed by atoms with E-state index in [0.717, 1.165) is 0 Å². The molecule has 128 valence electrons. The van der Waals surface area contributed by atoms with Crippen LogP contribution in [0.4, 0.5) is 0 Å². The van der Waals surface area contributed by atoms with Crippen molar-refractivity contribution in [3.8, 4) is 0 Å². The third-order valence-electron chi connectivity index (χ3n) is 6.46. The van der Waals surface area contributed by atoms with Gasteiger partial charge in [0.25, 0.3) is 0 Å². The molecule has 2 heteroatoms. The summed E-state index contributed by atoms with van der Waals surface area (Å²) in [4.78, 5) is 0. The highest BCUT2D eigenvalue weighted by Gasteiger charge is 2.21. The van der Waals surface area contributed by atoms with Crippen LogP contribution in [0.1, 0.15) is 35.1 Å². The first-order chi connectivity index (χ1) is 12.7. The molecule has 0 saturated carbocycles. The zero-order chi connectivity index (χ0) is 17.4.